The van der Waals surface area contributed by atoms with Gasteiger partial charge in [-0.15, -0.1) is 0 Å². The second kappa shape index (κ2) is 5.56. The van der Waals surface area contributed by atoms with Gasteiger partial charge in [-0.3, -0.25) is 0 Å². The van der Waals surface area contributed by atoms with Crippen molar-refractivity contribution in [2.45, 2.75) is 13.8 Å². The monoisotopic (exact) mass is 338 g/mol. The quantitative estimate of drug-likeness (QED) is 0.453. The molecule has 0 atom stereocenters. The van der Waals surface area contributed by atoms with E-state index >= 15 is 0 Å². The van der Waals surface area contributed by atoms with Crippen molar-refractivity contribution in [1.29, 1.82) is 0 Å². The number of aryl methyl sites for hydroxylation is 2. The van der Waals surface area contributed by atoms with Crippen LogP contribution in [0.1, 0.15) is 11.4 Å². The number of aromatic nitrogens is 4. The summed E-state index contributed by atoms with van der Waals surface area (Å²) < 4.78 is 0. The Morgan fingerprint density at radius 3 is 1.92 bits per heavy atom. The smallest absolute Gasteiger partial charge is 0.138 e. The zero-order valence-electron chi connectivity index (χ0n) is 14.7. The summed E-state index contributed by atoms with van der Waals surface area (Å²) in [4.78, 5) is 15.9. The number of hydrogen-bond donors (Lipinski definition) is 2. The van der Waals surface area contributed by atoms with Crippen molar-refractivity contribution in [2.24, 2.45) is 0 Å². The van der Waals surface area contributed by atoms with Gasteiger partial charge in [0, 0.05) is 5.56 Å². The van der Waals surface area contributed by atoms with Crippen LogP contribution in [0.25, 0.3) is 44.6 Å². The second-order valence-corrected chi connectivity index (χ2v) is 6.74. The first-order chi connectivity index (χ1) is 12.7. The lowest BCUT2D eigenvalue weighted by atomic mass is 10.0. The van der Waals surface area contributed by atoms with E-state index in [0.29, 0.717) is 0 Å². The van der Waals surface area contributed by atoms with Gasteiger partial charge in [-0.1, -0.05) is 54.1 Å². The average Bonchev–Trinajstić information content (AvgIpc) is 3.21. The van der Waals surface area contributed by atoms with E-state index in [4.69, 9.17) is 4.98 Å². The zero-order chi connectivity index (χ0) is 17.7. The van der Waals surface area contributed by atoms with Crippen molar-refractivity contribution in [1.82, 2.24) is 19.9 Å². The van der Waals surface area contributed by atoms with E-state index in [9.17, 15) is 0 Å². The van der Waals surface area contributed by atoms with E-state index in [-0.39, 0.29) is 0 Å². The van der Waals surface area contributed by atoms with E-state index in [1.165, 1.54) is 16.7 Å². The number of imidazole rings is 2. The highest BCUT2D eigenvalue weighted by Crippen LogP contribution is 2.26. The molecular weight excluding hydrogens is 320 g/mol. The van der Waals surface area contributed by atoms with Crippen molar-refractivity contribution in [3.8, 4) is 22.5 Å². The number of nitrogens with zero attached hydrogens (tertiary/aromatic N) is 2. The fourth-order valence-electron chi connectivity index (χ4n) is 3.35. The van der Waals surface area contributed by atoms with Crippen LogP contribution in [0.4, 0.5) is 0 Å². The highest BCUT2D eigenvalue weighted by atomic mass is 14.9. The third-order valence-corrected chi connectivity index (χ3v) is 4.75. The number of rotatable bonds is 2. The molecule has 0 fully saturated rings. The van der Waals surface area contributed by atoms with E-state index in [1.54, 1.807) is 0 Å². The third kappa shape index (κ3) is 2.47. The standard InChI is InChI=1S/C22H18N4/c1-13-3-5-15(6-4-13)16-7-9-17(10-8-16)22-25-20-11-18-19(12-21(20)26-22)24-14(2)23-18/h3-12H,1-2H3,(H,23,24)(H,25,26). The molecule has 0 bridgehead atoms. The van der Waals surface area contributed by atoms with Gasteiger partial charge in [-0.25, -0.2) is 9.97 Å². The molecule has 4 nitrogen and oxygen atoms in total. The molecule has 126 valence electrons. The minimum absolute atomic E-state index is 0.875. The van der Waals surface area contributed by atoms with E-state index in [2.05, 4.69) is 76.5 Å². The van der Waals surface area contributed by atoms with Gasteiger partial charge < -0.3 is 9.97 Å². The molecular formula is C22H18N4. The Labute approximate surface area is 150 Å². The van der Waals surface area contributed by atoms with Gasteiger partial charge in [0.1, 0.15) is 11.6 Å². The van der Waals surface area contributed by atoms with E-state index < -0.39 is 0 Å². The molecule has 2 aromatic heterocycles. The molecule has 4 heteroatoms. The van der Waals surface area contributed by atoms with Crippen molar-refractivity contribution < 1.29 is 0 Å². The first-order valence-corrected chi connectivity index (χ1v) is 8.69. The molecule has 0 spiro atoms. The Hall–Kier alpha value is -3.40. The topological polar surface area (TPSA) is 57.4 Å². The molecule has 0 saturated carbocycles. The van der Waals surface area contributed by atoms with Crippen LogP contribution in [0.5, 0.6) is 0 Å². The van der Waals surface area contributed by atoms with Gasteiger partial charge in [0.15, 0.2) is 0 Å². The van der Waals surface area contributed by atoms with Crippen LogP contribution >= 0.6 is 0 Å². The van der Waals surface area contributed by atoms with Crippen LogP contribution in [0.15, 0.2) is 60.7 Å². The van der Waals surface area contributed by atoms with Crippen molar-refractivity contribution in [3.05, 3.63) is 72.1 Å². The Balaban J connectivity index is 1.53. The number of benzene rings is 3. The number of H-pyrrole nitrogens is 2. The maximum Gasteiger partial charge on any atom is 0.138 e. The van der Waals surface area contributed by atoms with Crippen molar-refractivity contribution in [2.75, 3.05) is 0 Å². The molecule has 2 N–H and O–H groups in total. The molecule has 0 amide bonds. The Bertz CT molecular complexity index is 1170. The summed E-state index contributed by atoms with van der Waals surface area (Å²) in [5, 5.41) is 0. The number of nitrogens with one attached hydrogen (secondary N) is 2. The van der Waals surface area contributed by atoms with Crippen LogP contribution in [-0.4, -0.2) is 19.9 Å². The molecule has 0 aliphatic rings. The fourth-order valence-corrected chi connectivity index (χ4v) is 3.35. The average molecular weight is 338 g/mol. The van der Waals surface area contributed by atoms with E-state index in [1.807, 2.05) is 13.0 Å². The van der Waals surface area contributed by atoms with Crippen molar-refractivity contribution in [3.63, 3.8) is 0 Å². The normalized spacial score (nSPS) is 11.5. The van der Waals surface area contributed by atoms with Gasteiger partial charge >= 0.3 is 0 Å². The van der Waals surface area contributed by atoms with Gasteiger partial charge in [0.25, 0.3) is 0 Å². The lowest BCUT2D eigenvalue weighted by Gasteiger charge is -2.03. The second-order valence-electron chi connectivity index (χ2n) is 6.74. The fraction of sp³-hybridized carbons (Fsp3) is 0.0909. The minimum Gasteiger partial charge on any atom is -0.342 e. The van der Waals surface area contributed by atoms with Crippen LogP contribution in [0.2, 0.25) is 0 Å². The maximum atomic E-state index is 4.75. The Kier molecular flexibility index (Phi) is 3.19. The third-order valence-electron chi connectivity index (χ3n) is 4.75. The molecule has 3 aromatic carbocycles. The molecule has 5 aromatic rings. The van der Waals surface area contributed by atoms with E-state index in [0.717, 1.165) is 39.3 Å². The van der Waals surface area contributed by atoms with Crippen molar-refractivity contribution >= 4 is 22.1 Å². The van der Waals surface area contributed by atoms with Gasteiger partial charge in [-0.05, 0) is 37.1 Å². The van der Waals surface area contributed by atoms with Gasteiger partial charge in [-0.2, -0.15) is 0 Å². The molecule has 0 aliphatic heterocycles. The minimum atomic E-state index is 0.875. The molecule has 0 aliphatic carbocycles. The number of hydrogen-bond acceptors (Lipinski definition) is 2. The SMILES string of the molecule is Cc1ccc(-c2ccc(-c3nc4cc5nc(C)[nH]c5cc4[nH]3)cc2)cc1. The Morgan fingerprint density at radius 2 is 1.19 bits per heavy atom. The summed E-state index contributed by atoms with van der Waals surface area (Å²) in [6.45, 7) is 4.06. The van der Waals surface area contributed by atoms with Crippen LogP contribution in [0.3, 0.4) is 0 Å². The summed E-state index contributed by atoms with van der Waals surface area (Å²) in [5.41, 5.74) is 8.70. The maximum absolute atomic E-state index is 4.75. The van der Waals surface area contributed by atoms with Gasteiger partial charge in [0.2, 0.25) is 0 Å². The van der Waals surface area contributed by atoms with Gasteiger partial charge in [0.05, 0.1) is 22.1 Å². The molecule has 5 rings (SSSR count). The highest BCUT2D eigenvalue weighted by molar-refractivity contribution is 5.92. The van der Waals surface area contributed by atoms with Crippen LogP contribution in [-0.2, 0) is 0 Å². The number of aromatic amines is 2. The largest absolute Gasteiger partial charge is 0.342 e. The molecule has 26 heavy (non-hydrogen) atoms. The first-order valence-electron chi connectivity index (χ1n) is 8.69. The Morgan fingerprint density at radius 1 is 0.615 bits per heavy atom. The molecule has 0 radical (unpaired) electrons. The lowest BCUT2D eigenvalue weighted by Crippen LogP contribution is -1.82. The lowest BCUT2D eigenvalue weighted by molar-refractivity contribution is 1.17. The predicted molar refractivity (Wildman–Crippen MR) is 106 cm³/mol. The summed E-state index contributed by atoms with van der Waals surface area (Å²) >= 11 is 0. The van der Waals surface area contributed by atoms with Crippen LogP contribution in [0, 0.1) is 13.8 Å². The summed E-state index contributed by atoms with van der Waals surface area (Å²) in [5.74, 6) is 1.79. The zero-order valence-corrected chi connectivity index (χ0v) is 14.7. The summed E-state index contributed by atoms with van der Waals surface area (Å²) in [7, 11) is 0. The molecule has 0 saturated heterocycles. The summed E-state index contributed by atoms with van der Waals surface area (Å²) in [6, 6.07) is 21.2. The predicted octanol–water partition coefficient (Wildman–Crippen LogP) is 5.39. The number of fused-ring (bicyclic) bond motifs is 2. The summed E-state index contributed by atoms with van der Waals surface area (Å²) in [6.07, 6.45) is 0. The highest BCUT2D eigenvalue weighted by Gasteiger charge is 2.09. The van der Waals surface area contributed by atoms with Crippen LogP contribution < -0.4 is 0 Å². The molecule has 2 heterocycles. The first kappa shape index (κ1) is 14.9. The molecule has 0 unspecified atom stereocenters.